The molecule has 0 spiro atoms. The molecule has 6 heteroatoms. The van der Waals surface area contributed by atoms with Crippen LogP contribution in [0.5, 0.6) is 11.5 Å². The van der Waals surface area contributed by atoms with Gasteiger partial charge in [0.15, 0.2) is 11.6 Å². The van der Waals surface area contributed by atoms with E-state index in [4.69, 9.17) is 4.74 Å². The lowest BCUT2D eigenvalue weighted by atomic mass is 9.88. The summed E-state index contributed by atoms with van der Waals surface area (Å²) in [5, 5.41) is 19.9. The highest BCUT2D eigenvalue weighted by atomic mass is 16.5. The molecule has 0 atom stereocenters. The van der Waals surface area contributed by atoms with Crippen molar-refractivity contribution in [2.75, 3.05) is 0 Å². The van der Waals surface area contributed by atoms with E-state index < -0.39 is 5.41 Å². The lowest BCUT2D eigenvalue weighted by molar-refractivity contribution is -0.133. The molecule has 1 aromatic heterocycles. The fourth-order valence-electron chi connectivity index (χ4n) is 4.58. The highest BCUT2D eigenvalue weighted by Crippen LogP contribution is 2.48. The van der Waals surface area contributed by atoms with Gasteiger partial charge < -0.3 is 14.9 Å². The summed E-state index contributed by atoms with van der Waals surface area (Å²) in [6.45, 7) is -0.379. The standard InChI is InChI=1S/C30H27NO5/c32-18-22-16-25-26(17-23(22)19-33)31-13-10-27(25)36-24-8-6-21(7-9-24)15-29(35)30(11-12-30)28(34)14-20-4-2-1-3-5-20/h1-10,13,16-17,32-33H,11-12,14-15,18-19H2. The summed E-state index contributed by atoms with van der Waals surface area (Å²) in [6, 6.07) is 22.1. The van der Waals surface area contributed by atoms with E-state index in [2.05, 4.69) is 4.98 Å². The van der Waals surface area contributed by atoms with Crippen LogP contribution in [0.15, 0.2) is 79.0 Å². The van der Waals surface area contributed by atoms with E-state index in [1.165, 1.54) is 0 Å². The molecule has 5 rings (SSSR count). The quantitative estimate of drug-likeness (QED) is 0.318. The largest absolute Gasteiger partial charge is 0.457 e. The Hall–Kier alpha value is -3.87. The summed E-state index contributed by atoms with van der Waals surface area (Å²) in [5.74, 6) is 1.16. The Labute approximate surface area is 209 Å². The van der Waals surface area contributed by atoms with Crippen molar-refractivity contribution < 1.29 is 24.5 Å². The van der Waals surface area contributed by atoms with Gasteiger partial charge in [0.25, 0.3) is 0 Å². The number of aliphatic hydroxyl groups excluding tert-OH is 2. The van der Waals surface area contributed by atoms with Gasteiger partial charge in [0.1, 0.15) is 11.5 Å². The number of carbonyl (C=O) groups is 2. The molecule has 1 aliphatic rings. The van der Waals surface area contributed by atoms with Crippen molar-refractivity contribution in [3.8, 4) is 11.5 Å². The Morgan fingerprint density at radius 1 is 0.806 bits per heavy atom. The summed E-state index contributed by atoms with van der Waals surface area (Å²) in [7, 11) is 0. The van der Waals surface area contributed by atoms with Crippen LogP contribution in [0.4, 0.5) is 0 Å². The second-order valence-corrected chi connectivity index (χ2v) is 9.28. The average molecular weight is 482 g/mol. The second-order valence-electron chi connectivity index (χ2n) is 9.28. The Bertz CT molecular complexity index is 1410. The van der Waals surface area contributed by atoms with E-state index >= 15 is 0 Å². The predicted octanol–water partition coefficient (Wildman–Crippen LogP) is 4.72. The van der Waals surface area contributed by atoms with E-state index in [-0.39, 0.29) is 37.6 Å². The Kier molecular flexibility index (Phi) is 6.63. The Morgan fingerprint density at radius 2 is 1.42 bits per heavy atom. The van der Waals surface area contributed by atoms with Gasteiger partial charge in [-0.3, -0.25) is 14.6 Å². The maximum Gasteiger partial charge on any atom is 0.150 e. The number of hydrogen-bond acceptors (Lipinski definition) is 6. The number of Topliss-reactive ketones (excluding diaryl/α,β-unsaturated/α-hetero) is 2. The predicted molar refractivity (Wildman–Crippen MR) is 136 cm³/mol. The molecule has 2 N–H and O–H groups in total. The van der Waals surface area contributed by atoms with Gasteiger partial charge in [-0.05, 0) is 65.4 Å². The molecular weight excluding hydrogens is 454 g/mol. The molecule has 6 nitrogen and oxygen atoms in total. The van der Waals surface area contributed by atoms with Gasteiger partial charge in [-0.15, -0.1) is 0 Å². The first-order valence-corrected chi connectivity index (χ1v) is 12.0. The van der Waals surface area contributed by atoms with Gasteiger partial charge in [0.05, 0.1) is 24.1 Å². The van der Waals surface area contributed by atoms with Crippen molar-refractivity contribution in [1.29, 1.82) is 0 Å². The summed E-state index contributed by atoms with van der Waals surface area (Å²) < 4.78 is 6.09. The summed E-state index contributed by atoms with van der Waals surface area (Å²) in [5.41, 5.74) is 2.84. The smallest absolute Gasteiger partial charge is 0.150 e. The number of benzene rings is 3. The van der Waals surface area contributed by atoms with Crippen molar-refractivity contribution >= 4 is 22.5 Å². The minimum Gasteiger partial charge on any atom is -0.457 e. The molecule has 36 heavy (non-hydrogen) atoms. The van der Waals surface area contributed by atoms with Crippen LogP contribution < -0.4 is 4.74 Å². The van der Waals surface area contributed by atoms with Crippen LogP contribution in [0.2, 0.25) is 0 Å². The number of hydrogen-bond donors (Lipinski definition) is 2. The van der Waals surface area contributed by atoms with E-state index in [1.807, 2.05) is 42.5 Å². The molecule has 4 aromatic rings. The van der Waals surface area contributed by atoms with Crippen molar-refractivity contribution in [2.24, 2.45) is 5.41 Å². The zero-order valence-corrected chi connectivity index (χ0v) is 19.8. The van der Waals surface area contributed by atoms with Gasteiger partial charge in [-0.1, -0.05) is 42.5 Å². The fraction of sp³-hybridized carbons (Fsp3) is 0.233. The van der Waals surface area contributed by atoms with E-state index in [0.717, 1.165) is 16.5 Å². The fourth-order valence-corrected chi connectivity index (χ4v) is 4.58. The minimum atomic E-state index is -0.835. The summed E-state index contributed by atoms with van der Waals surface area (Å²) in [4.78, 5) is 30.3. The number of ketones is 2. The van der Waals surface area contributed by atoms with Crippen LogP contribution in [-0.4, -0.2) is 26.8 Å². The number of ether oxygens (including phenoxy) is 1. The average Bonchev–Trinajstić information content (AvgIpc) is 3.72. The van der Waals surface area contributed by atoms with Gasteiger partial charge in [-0.2, -0.15) is 0 Å². The van der Waals surface area contributed by atoms with E-state index in [1.54, 1.807) is 36.5 Å². The van der Waals surface area contributed by atoms with Crippen LogP contribution in [0.25, 0.3) is 10.9 Å². The number of aliphatic hydroxyl groups is 2. The zero-order chi connectivity index (χ0) is 25.1. The molecule has 1 fully saturated rings. The highest BCUT2D eigenvalue weighted by Gasteiger charge is 2.54. The van der Waals surface area contributed by atoms with Crippen molar-refractivity contribution in [3.63, 3.8) is 0 Å². The lowest BCUT2D eigenvalue weighted by Gasteiger charge is -2.14. The molecule has 0 bridgehead atoms. The second kappa shape index (κ2) is 10.0. The normalized spacial score (nSPS) is 13.9. The highest BCUT2D eigenvalue weighted by molar-refractivity contribution is 6.10. The monoisotopic (exact) mass is 481 g/mol. The first-order valence-electron chi connectivity index (χ1n) is 12.0. The lowest BCUT2D eigenvalue weighted by Crippen LogP contribution is -2.28. The zero-order valence-electron chi connectivity index (χ0n) is 19.8. The molecule has 0 saturated heterocycles. The van der Waals surface area contributed by atoms with Crippen LogP contribution >= 0.6 is 0 Å². The molecule has 1 saturated carbocycles. The van der Waals surface area contributed by atoms with Gasteiger partial charge in [-0.25, -0.2) is 0 Å². The van der Waals surface area contributed by atoms with Crippen LogP contribution in [0.1, 0.15) is 35.1 Å². The van der Waals surface area contributed by atoms with E-state index in [0.29, 0.717) is 41.0 Å². The van der Waals surface area contributed by atoms with Crippen molar-refractivity contribution in [3.05, 3.63) is 101 Å². The summed E-state index contributed by atoms with van der Waals surface area (Å²) >= 11 is 0. The first-order chi connectivity index (χ1) is 17.5. The van der Waals surface area contributed by atoms with Gasteiger partial charge in [0, 0.05) is 24.4 Å². The number of nitrogens with zero attached hydrogens (tertiary/aromatic N) is 1. The van der Waals surface area contributed by atoms with Crippen LogP contribution in [0.3, 0.4) is 0 Å². The Balaban J connectivity index is 1.28. The number of aromatic nitrogens is 1. The van der Waals surface area contributed by atoms with Crippen LogP contribution in [-0.2, 0) is 35.6 Å². The number of pyridine rings is 1. The SMILES string of the molecule is O=C(Cc1ccccc1)C1(C(=O)Cc2ccc(Oc3ccnc4cc(CO)c(CO)cc34)cc2)CC1. The van der Waals surface area contributed by atoms with E-state index in [9.17, 15) is 19.8 Å². The van der Waals surface area contributed by atoms with Crippen molar-refractivity contribution in [1.82, 2.24) is 4.98 Å². The molecule has 3 aromatic carbocycles. The first kappa shape index (κ1) is 23.9. The van der Waals surface area contributed by atoms with Crippen LogP contribution in [0, 0.1) is 5.41 Å². The maximum atomic E-state index is 13.1. The number of rotatable bonds is 10. The molecule has 1 heterocycles. The Morgan fingerprint density at radius 3 is 2.03 bits per heavy atom. The van der Waals surface area contributed by atoms with Crippen molar-refractivity contribution in [2.45, 2.75) is 38.9 Å². The number of carbonyl (C=O) groups excluding carboxylic acids is 2. The third-order valence-corrected chi connectivity index (χ3v) is 6.90. The summed E-state index contributed by atoms with van der Waals surface area (Å²) in [6.07, 6.45) is 3.38. The molecule has 0 aliphatic heterocycles. The third-order valence-electron chi connectivity index (χ3n) is 6.90. The molecule has 1 aliphatic carbocycles. The van der Waals surface area contributed by atoms with Gasteiger partial charge >= 0.3 is 0 Å². The molecule has 0 amide bonds. The third kappa shape index (κ3) is 4.78. The molecule has 0 unspecified atom stereocenters. The molecule has 182 valence electrons. The molecular formula is C30H27NO5. The maximum absolute atomic E-state index is 13.1. The number of fused-ring (bicyclic) bond motifs is 1. The molecule has 0 radical (unpaired) electrons. The van der Waals surface area contributed by atoms with Gasteiger partial charge in [0.2, 0.25) is 0 Å². The minimum absolute atomic E-state index is 0.00910. The topological polar surface area (TPSA) is 96.7 Å².